The molecule has 0 bridgehead atoms. The van der Waals surface area contributed by atoms with Gasteiger partial charge >= 0.3 is 0 Å². The van der Waals surface area contributed by atoms with Gasteiger partial charge in [0.25, 0.3) is 0 Å². The molecule has 0 radical (unpaired) electrons. The molecule has 4 heteroatoms. The van der Waals surface area contributed by atoms with Crippen LogP contribution in [0.1, 0.15) is 43.8 Å². The van der Waals surface area contributed by atoms with Gasteiger partial charge in [-0.25, -0.2) is 9.97 Å². The number of hydrogen-bond donors (Lipinski definition) is 1. The Bertz CT molecular complexity index is 414. The van der Waals surface area contributed by atoms with Crippen molar-refractivity contribution >= 4 is 5.82 Å². The molecule has 1 aliphatic rings. The van der Waals surface area contributed by atoms with Crippen molar-refractivity contribution in [1.29, 1.82) is 0 Å². The van der Waals surface area contributed by atoms with Gasteiger partial charge in [-0.3, -0.25) is 0 Å². The van der Waals surface area contributed by atoms with Crippen molar-refractivity contribution in [3.8, 4) is 0 Å². The van der Waals surface area contributed by atoms with Crippen LogP contribution in [-0.4, -0.2) is 29.7 Å². The van der Waals surface area contributed by atoms with Crippen LogP contribution in [0.3, 0.4) is 0 Å². The second-order valence-corrected chi connectivity index (χ2v) is 5.27. The molecule has 1 aromatic rings. The zero-order chi connectivity index (χ0) is 13.7. The van der Waals surface area contributed by atoms with E-state index in [1.165, 1.54) is 11.3 Å². The molecular formula is C15H25N3O. The van der Waals surface area contributed by atoms with Crippen molar-refractivity contribution in [3.63, 3.8) is 0 Å². The van der Waals surface area contributed by atoms with Gasteiger partial charge in [-0.1, -0.05) is 13.8 Å². The second-order valence-electron chi connectivity index (χ2n) is 5.27. The molecule has 1 fully saturated rings. The second kappa shape index (κ2) is 6.85. The highest BCUT2D eigenvalue weighted by Gasteiger charge is 2.19. The third-order valence-corrected chi connectivity index (χ3v) is 3.67. The number of nitrogens with one attached hydrogen (secondary N) is 1. The third-order valence-electron chi connectivity index (χ3n) is 3.67. The van der Waals surface area contributed by atoms with E-state index >= 15 is 0 Å². The largest absolute Gasteiger partial charge is 0.381 e. The number of anilines is 1. The van der Waals surface area contributed by atoms with Crippen molar-refractivity contribution < 1.29 is 4.74 Å². The van der Waals surface area contributed by atoms with Gasteiger partial charge in [0, 0.05) is 37.4 Å². The molecule has 1 N–H and O–H groups in total. The molecule has 0 amide bonds. The quantitative estimate of drug-likeness (QED) is 0.857. The fourth-order valence-corrected chi connectivity index (χ4v) is 2.47. The zero-order valence-corrected chi connectivity index (χ0v) is 12.3. The summed E-state index contributed by atoms with van der Waals surface area (Å²) in [5.74, 6) is 2.57. The molecular weight excluding hydrogens is 238 g/mol. The van der Waals surface area contributed by atoms with E-state index in [-0.39, 0.29) is 0 Å². The SMILES string of the molecule is CCCNc1nc(CC2CCOC2)nc(CC)c1C. The number of rotatable bonds is 6. The average Bonchev–Trinajstić information content (AvgIpc) is 2.91. The lowest BCUT2D eigenvalue weighted by molar-refractivity contribution is 0.185. The van der Waals surface area contributed by atoms with E-state index in [0.717, 1.165) is 57.1 Å². The lowest BCUT2D eigenvalue weighted by atomic mass is 10.0. The summed E-state index contributed by atoms with van der Waals surface area (Å²) in [6.07, 6.45) is 4.14. The van der Waals surface area contributed by atoms with Crippen molar-refractivity contribution in [2.45, 2.75) is 46.5 Å². The van der Waals surface area contributed by atoms with Crippen LogP contribution in [0.2, 0.25) is 0 Å². The lowest BCUT2D eigenvalue weighted by Gasteiger charge is -2.14. The Hall–Kier alpha value is -1.16. The van der Waals surface area contributed by atoms with Crippen LogP contribution in [-0.2, 0) is 17.6 Å². The standard InChI is InChI=1S/C15H25N3O/c1-4-7-16-15-11(3)13(5-2)17-14(18-15)9-12-6-8-19-10-12/h12H,4-10H2,1-3H3,(H,16,17,18). The molecule has 1 unspecified atom stereocenters. The van der Waals surface area contributed by atoms with Crippen molar-refractivity contribution in [2.75, 3.05) is 25.1 Å². The van der Waals surface area contributed by atoms with Crippen LogP contribution >= 0.6 is 0 Å². The van der Waals surface area contributed by atoms with Crippen molar-refractivity contribution in [3.05, 3.63) is 17.1 Å². The van der Waals surface area contributed by atoms with Gasteiger partial charge in [0.2, 0.25) is 0 Å². The number of aromatic nitrogens is 2. The normalized spacial score (nSPS) is 18.8. The molecule has 2 heterocycles. The fraction of sp³-hybridized carbons (Fsp3) is 0.733. The zero-order valence-electron chi connectivity index (χ0n) is 12.3. The Morgan fingerprint density at radius 2 is 2.16 bits per heavy atom. The smallest absolute Gasteiger partial charge is 0.132 e. The van der Waals surface area contributed by atoms with Crippen molar-refractivity contribution in [2.24, 2.45) is 5.92 Å². The van der Waals surface area contributed by atoms with Crippen LogP contribution in [0.4, 0.5) is 5.82 Å². The summed E-state index contributed by atoms with van der Waals surface area (Å²) in [5, 5.41) is 3.42. The van der Waals surface area contributed by atoms with Gasteiger partial charge in [-0.15, -0.1) is 0 Å². The van der Waals surface area contributed by atoms with Crippen LogP contribution < -0.4 is 5.32 Å². The lowest BCUT2D eigenvalue weighted by Crippen LogP contribution is -2.13. The Morgan fingerprint density at radius 3 is 2.79 bits per heavy atom. The molecule has 0 aromatic carbocycles. The van der Waals surface area contributed by atoms with Gasteiger partial charge in [0.15, 0.2) is 0 Å². The minimum Gasteiger partial charge on any atom is -0.381 e. The van der Waals surface area contributed by atoms with E-state index in [0.29, 0.717) is 5.92 Å². The molecule has 1 aliphatic heterocycles. The number of nitrogens with zero attached hydrogens (tertiary/aromatic N) is 2. The van der Waals surface area contributed by atoms with Gasteiger partial charge in [-0.2, -0.15) is 0 Å². The average molecular weight is 263 g/mol. The van der Waals surface area contributed by atoms with E-state index < -0.39 is 0 Å². The van der Waals surface area contributed by atoms with Crippen LogP contribution in [0.5, 0.6) is 0 Å². The first-order valence-electron chi connectivity index (χ1n) is 7.42. The molecule has 0 spiro atoms. The van der Waals surface area contributed by atoms with Gasteiger partial charge in [0.1, 0.15) is 11.6 Å². The summed E-state index contributed by atoms with van der Waals surface area (Å²) >= 11 is 0. The maximum absolute atomic E-state index is 5.43. The first-order valence-corrected chi connectivity index (χ1v) is 7.42. The highest BCUT2D eigenvalue weighted by Crippen LogP contribution is 2.20. The number of aryl methyl sites for hydroxylation is 1. The maximum atomic E-state index is 5.43. The minimum atomic E-state index is 0.589. The molecule has 2 rings (SSSR count). The predicted molar refractivity (Wildman–Crippen MR) is 77.6 cm³/mol. The van der Waals surface area contributed by atoms with E-state index in [2.05, 4.69) is 26.1 Å². The highest BCUT2D eigenvalue weighted by molar-refractivity contribution is 5.45. The molecule has 1 aromatic heterocycles. The van der Waals surface area contributed by atoms with Gasteiger partial charge < -0.3 is 10.1 Å². The van der Waals surface area contributed by atoms with E-state index in [9.17, 15) is 0 Å². The van der Waals surface area contributed by atoms with E-state index in [4.69, 9.17) is 14.7 Å². The minimum absolute atomic E-state index is 0.589. The molecule has 19 heavy (non-hydrogen) atoms. The van der Waals surface area contributed by atoms with E-state index in [1.807, 2.05) is 0 Å². The Labute approximate surface area is 116 Å². The summed E-state index contributed by atoms with van der Waals surface area (Å²) in [5.41, 5.74) is 2.37. The van der Waals surface area contributed by atoms with Crippen LogP contribution in [0.15, 0.2) is 0 Å². The van der Waals surface area contributed by atoms with Gasteiger partial charge in [-0.05, 0) is 32.1 Å². The molecule has 0 saturated carbocycles. The molecule has 1 saturated heterocycles. The van der Waals surface area contributed by atoms with Crippen LogP contribution in [0.25, 0.3) is 0 Å². The third kappa shape index (κ3) is 3.66. The summed E-state index contributed by atoms with van der Waals surface area (Å²) in [4.78, 5) is 9.42. The van der Waals surface area contributed by atoms with Gasteiger partial charge in [0.05, 0.1) is 0 Å². The molecule has 4 nitrogen and oxygen atoms in total. The predicted octanol–water partition coefficient (Wildman–Crippen LogP) is 2.75. The Morgan fingerprint density at radius 1 is 1.32 bits per heavy atom. The molecule has 1 atom stereocenters. The van der Waals surface area contributed by atoms with E-state index in [1.54, 1.807) is 0 Å². The van der Waals surface area contributed by atoms with Crippen molar-refractivity contribution in [1.82, 2.24) is 9.97 Å². The summed E-state index contributed by atoms with van der Waals surface area (Å²) in [6.45, 7) is 9.14. The Kier molecular flexibility index (Phi) is 5.14. The first-order chi connectivity index (χ1) is 9.24. The summed E-state index contributed by atoms with van der Waals surface area (Å²) < 4.78 is 5.43. The molecule has 106 valence electrons. The Balaban J connectivity index is 2.17. The summed E-state index contributed by atoms with van der Waals surface area (Å²) in [7, 11) is 0. The monoisotopic (exact) mass is 263 g/mol. The first kappa shape index (κ1) is 14.3. The molecule has 0 aliphatic carbocycles. The highest BCUT2D eigenvalue weighted by atomic mass is 16.5. The number of hydrogen-bond acceptors (Lipinski definition) is 4. The number of ether oxygens (including phenoxy) is 1. The maximum Gasteiger partial charge on any atom is 0.132 e. The fourth-order valence-electron chi connectivity index (χ4n) is 2.47. The topological polar surface area (TPSA) is 47.0 Å². The van der Waals surface area contributed by atoms with Crippen LogP contribution in [0, 0.1) is 12.8 Å². The summed E-state index contributed by atoms with van der Waals surface area (Å²) in [6, 6.07) is 0.